The van der Waals surface area contributed by atoms with Crippen molar-refractivity contribution < 1.29 is 4.79 Å². The van der Waals surface area contributed by atoms with Gasteiger partial charge in [-0.05, 0) is 18.2 Å². The lowest BCUT2D eigenvalue weighted by molar-refractivity contribution is 0.0958. The first-order valence-corrected chi connectivity index (χ1v) is 5.02. The van der Waals surface area contributed by atoms with Gasteiger partial charge in [-0.15, -0.1) is 0 Å². The molecule has 0 spiro atoms. The Balaban J connectivity index is 2.44. The van der Waals surface area contributed by atoms with Crippen molar-refractivity contribution in [2.75, 3.05) is 37.4 Å². The first-order valence-electron chi connectivity index (χ1n) is 5.02. The smallest absolute Gasteiger partial charge is 0.253 e. The highest BCUT2D eigenvalue weighted by Crippen LogP contribution is 2.22. The van der Waals surface area contributed by atoms with E-state index in [1.165, 1.54) is 0 Å². The Morgan fingerprint density at radius 2 is 1.93 bits per heavy atom. The van der Waals surface area contributed by atoms with Crippen LogP contribution in [0, 0.1) is 0 Å². The second-order valence-electron chi connectivity index (χ2n) is 3.81. The average molecular weight is 205 g/mol. The van der Waals surface area contributed by atoms with Gasteiger partial charge in [0.05, 0.1) is 5.56 Å². The highest BCUT2D eigenvalue weighted by atomic mass is 16.1. The van der Waals surface area contributed by atoms with E-state index in [0.717, 1.165) is 23.5 Å². The summed E-state index contributed by atoms with van der Waals surface area (Å²) in [6.07, 6.45) is 0. The first kappa shape index (κ1) is 9.83. The van der Waals surface area contributed by atoms with Crippen LogP contribution >= 0.6 is 0 Å². The number of nitrogens with zero attached hydrogens (tertiary/aromatic N) is 1. The highest BCUT2D eigenvalue weighted by molar-refractivity contribution is 6.01. The van der Waals surface area contributed by atoms with Gasteiger partial charge in [0.2, 0.25) is 0 Å². The Morgan fingerprint density at radius 1 is 1.20 bits per heavy atom. The van der Waals surface area contributed by atoms with Crippen molar-refractivity contribution in [2.24, 2.45) is 0 Å². The lowest BCUT2D eigenvalue weighted by atomic mass is 10.1. The predicted octanol–water partition coefficient (Wildman–Crippen LogP) is 0.908. The number of amides is 1. The van der Waals surface area contributed by atoms with E-state index in [1.54, 1.807) is 0 Å². The number of carbonyl (C=O) groups excluding carboxylic acids is 1. The van der Waals surface area contributed by atoms with Crippen LogP contribution in [-0.4, -0.2) is 33.1 Å². The van der Waals surface area contributed by atoms with E-state index >= 15 is 0 Å². The van der Waals surface area contributed by atoms with Crippen LogP contribution in [0.15, 0.2) is 18.2 Å². The van der Waals surface area contributed by atoms with Crippen molar-refractivity contribution in [1.29, 1.82) is 0 Å². The van der Waals surface area contributed by atoms with Crippen LogP contribution in [0.3, 0.4) is 0 Å². The topological polar surface area (TPSA) is 44.4 Å². The molecule has 80 valence electrons. The minimum absolute atomic E-state index is 0.00120. The maximum atomic E-state index is 11.7. The molecule has 0 aromatic heterocycles. The summed E-state index contributed by atoms with van der Waals surface area (Å²) in [6, 6.07) is 5.86. The van der Waals surface area contributed by atoms with Crippen molar-refractivity contribution in [2.45, 2.75) is 0 Å². The molecule has 1 aliphatic rings. The van der Waals surface area contributed by atoms with Crippen LogP contribution in [0.1, 0.15) is 10.4 Å². The first-order chi connectivity index (χ1) is 7.18. The normalized spacial score (nSPS) is 14.7. The van der Waals surface area contributed by atoms with Gasteiger partial charge in [0.15, 0.2) is 0 Å². The van der Waals surface area contributed by atoms with Crippen LogP contribution in [0.4, 0.5) is 11.4 Å². The zero-order valence-electron chi connectivity index (χ0n) is 9.00. The lowest BCUT2D eigenvalue weighted by Gasteiger charge is -2.15. The molecule has 0 atom stereocenters. The molecule has 1 heterocycles. The fraction of sp³-hybridized carbons (Fsp3) is 0.364. The van der Waals surface area contributed by atoms with Crippen LogP contribution in [0.5, 0.6) is 0 Å². The number of rotatable bonds is 1. The third-order valence-corrected chi connectivity index (χ3v) is 2.49. The molecule has 1 amide bonds. The van der Waals surface area contributed by atoms with Crippen LogP contribution in [0.25, 0.3) is 0 Å². The molecule has 0 saturated carbocycles. The van der Waals surface area contributed by atoms with Gasteiger partial charge in [-0.25, -0.2) is 0 Å². The van der Waals surface area contributed by atoms with Gasteiger partial charge in [-0.3, -0.25) is 4.79 Å². The van der Waals surface area contributed by atoms with E-state index < -0.39 is 0 Å². The Labute approximate surface area is 89.3 Å². The summed E-state index contributed by atoms with van der Waals surface area (Å²) < 4.78 is 0. The molecule has 1 aliphatic heterocycles. The van der Waals surface area contributed by atoms with Gasteiger partial charge >= 0.3 is 0 Å². The predicted molar refractivity (Wildman–Crippen MR) is 61.6 cm³/mol. The molecule has 2 N–H and O–H groups in total. The van der Waals surface area contributed by atoms with Gasteiger partial charge in [-0.2, -0.15) is 0 Å². The van der Waals surface area contributed by atoms with Crippen LogP contribution in [-0.2, 0) is 0 Å². The minimum Gasteiger partial charge on any atom is -0.383 e. The molecule has 0 unspecified atom stereocenters. The molecule has 0 bridgehead atoms. The van der Waals surface area contributed by atoms with E-state index in [4.69, 9.17) is 0 Å². The quantitative estimate of drug-likeness (QED) is 0.716. The fourth-order valence-electron chi connectivity index (χ4n) is 1.62. The third-order valence-electron chi connectivity index (χ3n) is 2.49. The Morgan fingerprint density at radius 3 is 2.67 bits per heavy atom. The second-order valence-corrected chi connectivity index (χ2v) is 3.81. The fourth-order valence-corrected chi connectivity index (χ4v) is 1.62. The maximum Gasteiger partial charge on any atom is 0.253 e. The molecule has 0 aliphatic carbocycles. The molecule has 2 rings (SSSR count). The molecule has 4 nitrogen and oxygen atoms in total. The molecule has 0 fully saturated rings. The zero-order chi connectivity index (χ0) is 10.8. The molecule has 1 aromatic carbocycles. The van der Waals surface area contributed by atoms with Crippen molar-refractivity contribution in [3.63, 3.8) is 0 Å². The summed E-state index contributed by atoms with van der Waals surface area (Å²) in [5.41, 5.74) is 2.67. The SMILES string of the molecule is CN(C)c1ccc2c(c1)C(=O)NCCN2. The number of hydrogen-bond acceptors (Lipinski definition) is 3. The van der Waals surface area contributed by atoms with Gasteiger partial charge in [0.25, 0.3) is 5.91 Å². The summed E-state index contributed by atoms with van der Waals surface area (Å²) in [7, 11) is 3.92. The minimum atomic E-state index is -0.00120. The highest BCUT2D eigenvalue weighted by Gasteiger charge is 2.15. The average Bonchev–Trinajstić information content (AvgIpc) is 2.40. The number of nitrogens with one attached hydrogen (secondary N) is 2. The molecule has 0 saturated heterocycles. The van der Waals surface area contributed by atoms with Crippen molar-refractivity contribution >= 4 is 17.3 Å². The summed E-state index contributed by atoms with van der Waals surface area (Å²) in [4.78, 5) is 13.7. The van der Waals surface area contributed by atoms with Crippen LogP contribution in [0.2, 0.25) is 0 Å². The number of carbonyl (C=O) groups is 1. The Bertz CT molecular complexity index is 387. The molecule has 0 radical (unpaired) electrons. The zero-order valence-corrected chi connectivity index (χ0v) is 9.00. The number of benzene rings is 1. The lowest BCUT2D eigenvalue weighted by Crippen LogP contribution is -2.24. The van der Waals surface area contributed by atoms with Gasteiger partial charge < -0.3 is 15.5 Å². The summed E-state index contributed by atoms with van der Waals surface area (Å²) in [5, 5.41) is 6.07. The number of fused-ring (bicyclic) bond motifs is 1. The summed E-state index contributed by atoms with van der Waals surface area (Å²) >= 11 is 0. The standard InChI is InChI=1S/C11H15N3O/c1-14(2)8-3-4-10-9(7-8)11(15)13-6-5-12-10/h3-4,7,12H,5-6H2,1-2H3,(H,13,15). The number of anilines is 2. The second kappa shape index (κ2) is 3.81. The largest absolute Gasteiger partial charge is 0.383 e. The Kier molecular flexibility index (Phi) is 2.49. The van der Waals surface area contributed by atoms with Crippen molar-refractivity contribution in [1.82, 2.24) is 5.32 Å². The maximum absolute atomic E-state index is 11.7. The number of hydrogen-bond donors (Lipinski definition) is 2. The molecule has 1 aromatic rings. The molecule has 15 heavy (non-hydrogen) atoms. The Hall–Kier alpha value is -1.71. The van der Waals surface area contributed by atoms with Crippen LogP contribution < -0.4 is 15.5 Å². The van der Waals surface area contributed by atoms with E-state index in [0.29, 0.717) is 6.54 Å². The van der Waals surface area contributed by atoms with E-state index in [1.807, 2.05) is 37.2 Å². The monoisotopic (exact) mass is 205 g/mol. The molecular weight excluding hydrogens is 190 g/mol. The van der Waals surface area contributed by atoms with Gasteiger partial charge in [0.1, 0.15) is 0 Å². The van der Waals surface area contributed by atoms with Crippen molar-refractivity contribution in [3.8, 4) is 0 Å². The van der Waals surface area contributed by atoms with E-state index in [2.05, 4.69) is 10.6 Å². The van der Waals surface area contributed by atoms with Gasteiger partial charge in [-0.1, -0.05) is 0 Å². The third kappa shape index (κ3) is 1.88. The van der Waals surface area contributed by atoms with E-state index in [-0.39, 0.29) is 5.91 Å². The van der Waals surface area contributed by atoms with Gasteiger partial charge in [0, 0.05) is 38.6 Å². The van der Waals surface area contributed by atoms with Crippen molar-refractivity contribution in [3.05, 3.63) is 23.8 Å². The summed E-state index contributed by atoms with van der Waals surface area (Å²) in [5.74, 6) is -0.00120. The van der Waals surface area contributed by atoms with E-state index in [9.17, 15) is 4.79 Å². The molecule has 4 heteroatoms. The summed E-state index contributed by atoms with van der Waals surface area (Å²) in [6.45, 7) is 1.45. The molecular formula is C11H15N3O.